The number of allylic oxidation sites excluding steroid dienone is 1. The lowest BCUT2D eigenvalue weighted by Crippen LogP contribution is -2.29. The molecule has 1 aromatic rings. The molecule has 0 amide bonds. The van der Waals surface area contributed by atoms with Gasteiger partial charge in [0, 0.05) is 18.7 Å². The van der Waals surface area contributed by atoms with E-state index in [1.807, 2.05) is 0 Å². The minimum Gasteiger partial charge on any atom is -0.329 e. The molecule has 1 aliphatic carbocycles. The molecule has 1 aromatic carbocycles. The van der Waals surface area contributed by atoms with Gasteiger partial charge < -0.3 is 11.1 Å². The zero-order valence-electron chi connectivity index (χ0n) is 11.0. The average molecular weight is 266 g/mol. The molecule has 0 aliphatic heterocycles. The van der Waals surface area contributed by atoms with E-state index < -0.39 is 11.6 Å². The van der Waals surface area contributed by atoms with Crippen molar-refractivity contribution >= 4 is 0 Å². The summed E-state index contributed by atoms with van der Waals surface area (Å²) in [7, 11) is 0. The third-order valence-corrected chi connectivity index (χ3v) is 3.49. The number of rotatable bonds is 6. The highest BCUT2D eigenvalue weighted by Gasteiger charge is 2.12. The number of nitrogens with one attached hydrogen (secondary N) is 1. The Bertz CT molecular complexity index is 437. The highest BCUT2D eigenvalue weighted by atomic mass is 19.1. The summed E-state index contributed by atoms with van der Waals surface area (Å²) in [4.78, 5) is 0. The van der Waals surface area contributed by atoms with Gasteiger partial charge in [-0.3, -0.25) is 0 Å². The van der Waals surface area contributed by atoms with Crippen LogP contribution in [-0.2, 0) is 0 Å². The SMILES string of the molecule is NCC(NCCC1=CCCC1)c1cc(F)cc(F)c1. The van der Waals surface area contributed by atoms with Gasteiger partial charge in [-0.25, -0.2) is 8.78 Å². The maximum atomic E-state index is 13.2. The predicted octanol–water partition coefficient (Wildman–Crippen LogP) is 3.05. The maximum absolute atomic E-state index is 13.2. The monoisotopic (exact) mass is 266 g/mol. The first-order chi connectivity index (χ1) is 9.19. The van der Waals surface area contributed by atoms with Crippen LogP contribution in [0.15, 0.2) is 29.8 Å². The lowest BCUT2D eigenvalue weighted by atomic mass is 10.1. The molecule has 0 bridgehead atoms. The first-order valence-corrected chi connectivity index (χ1v) is 6.76. The molecule has 19 heavy (non-hydrogen) atoms. The molecule has 0 fully saturated rings. The molecule has 2 nitrogen and oxygen atoms in total. The summed E-state index contributed by atoms with van der Waals surface area (Å²) in [5.41, 5.74) is 7.71. The van der Waals surface area contributed by atoms with Gasteiger partial charge in [-0.05, 0) is 49.9 Å². The Morgan fingerprint density at radius 3 is 2.53 bits per heavy atom. The normalized spacial score (nSPS) is 16.5. The molecule has 0 saturated carbocycles. The van der Waals surface area contributed by atoms with Crippen LogP contribution in [-0.4, -0.2) is 13.1 Å². The van der Waals surface area contributed by atoms with Crippen LogP contribution in [0.4, 0.5) is 8.78 Å². The Kier molecular flexibility index (Phi) is 5.05. The van der Waals surface area contributed by atoms with Crippen LogP contribution in [0.1, 0.15) is 37.3 Å². The van der Waals surface area contributed by atoms with E-state index >= 15 is 0 Å². The molecule has 4 heteroatoms. The smallest absolute Gasteiger partial charge is 0.126 e. The lowest BCUT2D eigenvalue weighted by Gasteiger charge is -2.17. The fourth-order valence-electron chi connectivity index (χ4n) is 2.49. The topological polar surface area (TPSA) is 38.0 Å². The van der Waals surface area contributed by atoms with Crippen molar-refractivity contribution in [3.05, 3.63) is 47.0 Å². The summed E-state index contributed by atoms with van der Waals surface area (Å²) in [5, 5.41) is 3.27. The molecule has 104 valence electrons. The van der Waals surface area contributed by atoms with Crippen LogP contribution in [0.5, 0.6) is 0 Å². The molecule has 1 aliphatic rings. The van der Waals surface area contributed by atoms with E-state index in [4.69, 9.17) is 5.73 Å². The number of hydrogen-bond acceptors (Lipinski definition) is 2. The second-order valence-electron chi connectivity index (χ2n) is 4.95. The molecular formula is C15H20F2N2. The summed E-state index contributed by atoms with van der Waals surface area (Å²) in [6.07, 6.45) is 6.84. The molecule has 1 atom stereocenters. The summed E-state index contributed by atoms with van der Waals surface area (Å²) in [5.74, 6) is -1.12. The van der Waals surface area contributed by atoms with E-state index in [0.29, 0.717) is 12.1 Å². The highest BCUT2D eigenvalue weighted by molar-refractivity contribution is 5.22. The zero-order chi connectivity index (χ0) is 13.7. The van der Waals surface area contributed by atoms with Crippen molar-refractivity contribution in [3.8, 4) is 0 Å². The predicted molar refractivity (Wildman–Crippen MR) is 72.7 cm³/mol. The van der Waals surface area contributed by atoms with Crippen molar-refractivity contribution < 1.29 is 8.78 Å². The second kappa shape index (κ2) is 6.78. The van der Waals surface area contributed by atoms with Gasteiger partial charge in [-0.2, -0.15) is 0 Å². The van der Waals surface area contributed by atoms with E-state index in [-0.39, 0.29) is 6.04 Å². The van der Waals surface area contributed by atoms with Crippen molar-refractivity contribution in [1.29, 1.82) is 0 Å². The van der Waals surface area contributed by atoms with Crippen molar-refractivity contribution in [1.82, 2.24) is 5.32 Å². The molecule has 0 saturated heterocycles. The Balaban J connectivity index is 1.91. The van der Waals surface area contributed by atoms with Crippen LogP contribution in [0.2, 0.25) is 0 Å². The highest BCUT2D eigenvalue weighted by Crippen LogP contribution is 2.21. The number of benzene rings is 1. The Morgan fingerprint density at radius 2 is 1.95 bits per heavy atom. The molecule has 2 rings (SSSR count). The Morgan fingerprint density at radius 1 is 1.21 bits per heavy atom. The van der Waals surface area contributed by atoms with Crippen LogP contribution < -0.4 is 11.1 Å². The molecular weight excluding hydrogens is 246 g/mol. The summed E-state index contributed by atoms with van der Waals surface area (Å²) in [6.45, 7) is 1.10. The molecule has 0 aromatic heterocycles. The van der Waals surface area contributed by atoms with Crippen molar-refractivity contribution in [2.45, 2.75) is 31.7 Å². The first kappa shape index (κ1) is 14.2. The summed E-state index contributed by atoms with van der Waals surface area (Å²) >= 11 is 0. The largest absolute Gasteiger partial charge is 0.329 e. The van der Waals surface area contributed by atoms with E-state index in [1.165, 1.54) is 37.0 Å². The number of hydrogen-bond donors (Lipinski definition) is 2. The minimum absolute atomic E-state index is 0.202. The van der Waals surface area contributed by atoms with E-state index in [1.54, 1.807) is 0 Å². The average Bonchev–Trinajstić information content (AvgIpc) is 2.86. The van der Waals surface area contributed by atoms with Gasteiger partial charge in [0.2, 0.25) is 0 Å². The standard InChI is InChI=1S/C15H20F2N2/c16-13-7-12(8-14(17)9-13)15(10-18)19-6-5-11-3-1-2-4-11/h3,7-9,15,19H,1-2,4-6,10,18H2. The third-order valence-electron chi connectivity index (χ3n) is 3.49. The second-order valence-corrected chi connectivity index (χ2v) is 4.95. The fourth-order valence-corrected chi connectivity index (χ4v) is 2.49. The Labute approximate surface area is 112 Å². The molecule has 3 N–H and O–H groups in total. The fraction of sp³-hybridized carbons (Fsp3) is 0.467. The van der Waals surface area contributed by atoms with Crippen LogP contribution >= 0.6 is 0 Å². The maximum Gasteiger partial charge on any atom is 0.126 e. The quantitative estimate of drug-likeness (QED) is 0.777. The molecule has 0 radical (unpaired) electrons. The third kappa shape index (κ3) is 4.11. The van der Waals surface area contributed by atoms with E-state index in [9.17, 15) is 8.78 Å². The van der Waals surface area contributed by atoms with Gasteiger partial charge in [0.15, 0.2) is 0 Å². The van der Waals surface area contributed by atoms with Crippen LogP contribution in [0.3, 0.4) is 0 Å². The van der Waals surface area contributed by atoms with Gasteiger partial charge in [0.1, 0.15) is 11.6 Å². The van der Waals surface area contributed by atoms with Gasteiger partial charge in [-0.1, -0.05) is 11.6 Å². The van der Waals surface area contributed by atoms with Gasteiger partial charge in [0.25, 0.3) is 0 Å². The zero-order valence-corrected chi connectivity index (χ0v) is 11.0. The van der Waals surface area contributed by atoms with Gasteiger partial charge in [-0.15, -0.1) is 0 Å². The molecule has 1 unspecified atom stereocenters. The van der Waals surface area contributed by atoms with Gasteiger partial charge >= 0.3 is 0 Å². The van der Waals surface area contributed by atoms with E-state index in [2.05, 4.69) is 11.4 Å². The van der Waals surface area contributed by atoms with Crippen molar-refractivity contribution in [2.75, 3.05) is 13.1 Å². The van der Waals surface area contributed by atoms with Crippen molar-refractivity contribution in [2.24, 2.45) is 5.73 Å². The first-order valence-electron chi connectivity index (χ1n) is 6.76. The Hall–Kier alpha value is -1.26. The molecule has 0 heterocycles. The van der Waals surface area contributed by atoms with E-state index in [0.717, 1.165) is 19.0 Å². The van der Waals surface area contributed by atoms with Gasteiger partial charge in [0.05, 0.1) is 0 Å². The molecule has 0 spiro atoms. The lowest BCUT2D eigenvalue weighted by molar-refractivity contribution is 0.525. The number of nitrogens with two attached hydrogens (primary N) is 1. The minimum atomic E-state index is -0.561. The summed E-state index contributed by atoms with van der Waals surface area (Å²) < 4.78 is 26.3. The van der Waals surface area contributed by atoms with Crippen molar-refractivity contribution in [3.63, 3.8) is 0 Å². The van der Waals surface area contributed by atoms with Crippen LogP contribution in [0, 0.1) is 11.6 Å². The summed E-state index contributed by atoms with van der Waals surface area (Å²) in [6, 6.07) is 3.35. The number of halogens is 2. The van der Waals surface area contributed by atoms with Crippen LogP contribution in [0.25, 0.3) is 0 Å².